The minimum atomic E-state index is 0.139. The van der Waals surface area contributed by atoms with Crippen molar-refractivity contribution in [3.8, 4) is 5.75 Å². The number of rotatable bonds is 2. The maximum Gasteiger partial charge on any atom is 0.222 e. The van der Waals surface area contributed by atoms with E-state index in [1.165, 1.54) is 0 Å². The second-order valence-corrected chi connectivity index (χ2v) is 2.69. The summed E-state index contributed by atoms with van der Waals surface area (Å²) in [4.78, 5) is 7.52. The van der Waals surface area contributed by atoms with Crippen LogP contribution in [0.25, 0.3) is 0 Å². The molecule has 0 aliphatic carbocycles. The highest BCUT2D eigenvalue weighted by Gasteiger charge is 1.97. The fourth-order valence-corrected chi connectivity index (χ4v) is 0.731. The molecule has 0 atom stereocenters. The predicted molar refractivity (Wildman–Crippen MR) is 54.2 cm³/mol. The third-order valence-corrected chi connectivity index (χ3v) is 1.16. The van der Waals surface area contributed by atoms with Crippen molar-refractivity contribution in [3.63, 3.8) is 0 Å². The average Bonchev–Trinajstić information content (AvgIpc) is 2.12. The first-order chi connectivity index (χ1) is 6.18. The van der Waals surface area contributed by atoms with E-state index >= 15 is 0 Å². The van der Waals surface area contributed by atoms with Gasteiger partial charge in [-0.15, -0.1) is 0 Å². The molecule has 0 aromatic carbocycles. The predicted octanol–water partition coefficient (Wildman–Crippen LogP) is 2.94. The minimum absolute atomic E-state index is 0.139. The van der Waals surface area contributed by atoms with Crippen molar-refractivity contribution in [2.24, 2.45) is 0 Å². The van der Waals surface area contributed by atoms with Crippen LogP contribution >= 0.6 is 11.6 Å². The Morgan fingerprint density at radius 3 is 2.08 bits per heavy atom. The summed E-state index contributed by atoms with van der Waals surface area (Å²) in [5, 5.41) is 0.237. The Labute approximate surface area is 84.1 Å². The van der Waals surface area contributed by atoms with Gasteiger partial charge in [0.25, 0.3) is 0 Å². The SMILES string of the molecule is CC.CC(C)Oc1cnc(Cl)nc1. The topological polar surface area (TPSA) is 35.0 Å². The summed E-state index contributed by atoms with van der Waals surface area (Å²) >= 11 is 5.47. The molecule has 0 aliphatic rings. The van der Waals surface area contributed by atoms with Gasteiger partial charge < -0.3 is 4.74 Å². The summed E-state index contributed by atoms with van der Waals surface area (Å²) in [5.41, 5.74) is 0. The zero-order chi connectivity index (χ0) is 10.3. The molecule has 13 heavy (non-hydrogen) atoms. The van der Waals surface area contributed by atoms with E-state index in [0.29, 0.717) is 5.75 Å². The quantitative estimate of drug-likeness (QED) is 0.692. The normalized spacial score (nSPS) is 9.08. The highest BCUT2D eigenvalue weighted by Crippen LogP contribution is 2.09. The number of hydrogen-bond acceptors (Lipinski definition) is 3. The van der Waals surface area contributed by atoms with Gasteiger partial charge in [-0.1, -0.05) is 13.8 Å². The van der Waals surface area contributed by atoms with Crippen LogP contribution in [0.2, 0.25) is 5.28 Å². The molecule has 1 aromatic rings. The largest absolute Gasteiger partial charge is 0.488 e. The number of ether oxygens (including phenoxy) is 1. The van der Waals surface area contributed by atoms with Crippen LogP contribution < -0.4 is 4.74 Å². The molecule has 1 heterocycles. The van der Waals surface area contributed by atoms with Crippen LogP contribution in [0.1, 0.15) is 27.7 Å². The summed E-state index contributed by atoms with van der Waals surface area (Å²) < 4.78 is 5.29. The smallest absolute Gasteiger partial charge is 0.222 e. The van der Waals surface area contributed by atoms with Gasteiger partial charge in [-0.3, -0.25) is 0 Å². The Morgan fingerprint density at radius 1 is 1.23 bits per heavy atom. The number of nitrogens with zero attached hydrogens (tertiary/aromatic N) is 2. The van der Waals surface area contributed by atoms with Crippen LogP contribution in [-0.2, 0) is 0 Å². The van der Waals surface area contributed by atoms with Crippen LogP contribution in [0, 0.1) is 0 Å². The molecule has 0 radical (unpaired) electrons. The van der Waals surface area contributed by atoms with Crippen LogP contribution in [-0.4, -0.2) is 16.1 Å². The Balaban J connectivity index is 0.000000671. The summed E-state index contributed by atoms with van der Waals surface area (Å²) in [7, 11) is 0. The van der Waals surface area contributed by atoms with Crippen molar-refractivity contribution in [1.29, 1.82) is 0 Å². The standard InChI is InChI=1S/C7H9ClN2O.C2H6/c1-5(2)11-6-3-9-7(8)10-4-6;1-2/h3-5H,1-2H3;1-2H3. The molecule has 0 fully saturated rings. The van der Waals surface area contributed by atoms with Gasteiger partial charge in [-0.2, -0.15) is 0 Å². The third kappa shape index (κ3) is 5.42. The Bertz CT molecular complexity index is 224. The summed E-state index contributed by atoms with van der Waals surface area (Å²) in [6.45, 7) is 7.88. The second kappa shape index (κ2) is 6.66. The van der Waals surface area contributed by atoms with Crippen LogP contribution in [0.4, 0.5) is 0 Å². The summed E-state index contributed by atoms with van der Waals surface area (Å²) in [6, 6.07) is 0. The van der Waals surface area contributed by atoms with Crippen molar-refractivity contribution in [2.45, 2.75) is 33.8 Å². The number of aromatic nitrogens is 2. The first kappa shape index (κ1) is 12.2. The summed E-state index contributed by atoms with van der Waals surface area (Å²) in [6.07, 6.45) is 3.24. The van der Waals surface area contributed by atoms with Crippen molar-refractivity contribution >= 4 is 11.6 Å². The first-order valence-electron chi connectivity index (χ1n) is 4.32. The molecule has 1 rings (SSSR count). The molecule has 0 unspecified atom stereocenters. The Morgan fingerprint density at radius 2 is 1.69 bits per heavy atom. The highest BCUT2D eigenvalue weighted by atomic mass is 35.5. The van der Waals surface area contributed by atoms with E-state index in [4.69, 9.17) is 16.3 Å². The van der Waals surface area contributed by atoms with Crippen LogP contribution in [0.15, 0.2) is 12.4 Å². The Hall–Kier alpha value is -0.830. The lowest BCUT2D eigenvalue weighted by molar-refractivity contribution is 0.240. The van der Waals surface area contributed by atoms with Gasteiger partial charge in [0.05, 0.1) is 18.5 Å². The number of hydrogen-bond donors (Lipinski definition) is 0. The lowest BCUT2D eigenvalue weighted by Gasteiger charge is -2.07. The molecule has 0 amide bonds. The van der Waals surface area contributed by atoms with Crippen molar-refractivity contribution < 1.29 is 4.74 Å². The van der Waals surface area contributed by atoms with E-state index in [-0.39, 0.29) is 11.4 Å². The van der Waals surface area contributed by atoms with E-state index in [0.717, 1.165) is 0 Å². The minimum Gasteiger partial charge on any atom is -0.488 e. The number of halogens is 1. The van der Waals surface area contributed by atoms with Gasteiger partial charge in [-0.25, -0.2) is 9.97 Å². The van der Waals surface area contributed by atoms with Gasteiger partial charge in [0.2, 0.25) is 5.28 Å². The maximum atomic E-state index is 5.47. The monoisotopic (exact) mass is 202 g/mol. The molecule has 0 saturated carbocycles. The lowest BCUT2D eigenvalue weighted by atomic mass is 10.5. The highest BCUT2D eigenvalue weighted by molar-refractivity contribution is 6.28. The molecule has 0 spiro atoms. The van der Waals surface area contributed by atoms with Gasteiger partial charge in [0, 0.05) is 0 Å². The maximum absolute atomic E-state index is 5.47. The van der Waals surface area contributed by atoms with E-state index < -0.39 is 0 Å². The molecule has 0 bridgehead atoms. The van der Waals surface area contributed by atoms with E-state index in [2.05, 4.69) is 9.97 Å². The van der Waals surface area contributed by atoms with Crippen LogP contribution in [0.3, 0.4) is 0 Å². The zero-order valence-electron chi connectivity index (χ0n) is 8.41. The van der Waals surface area contributed by atoms with E-state index in [1.807, 2.05) is 27.7 Å². The average molecular weight is 203 g/mol. The summed E-state index contributed by atoms with van der Waals surface area (Å²) in [5.74, 6) is 0.643. The molecule has 74 valence electrons. The first-order valence-corrected chi connectivity index (χ1v) is 4.70. The van der Waals surface area contributed by atoms with Crippen molar-refractivity contribution in [3.05, 3.63) is 17.7 Å². The molecular weight excluding hydrogens is 188 g/mol. The Kier molecular flexibility index (Phi) is 6.24. The van der Waals surface area contributed by atoms with E-state index in [9.17, 15) is 0 Å². The molecule has 0 saturated heterocycles. The zero-order valence-corrected chi connectivity index (χ0v) is 9.17. The van der Waals surface area contributed by atoms with Gasteiger partial charge in [0.1, 0.15) is 0 Å². The fourth-order valence-electron chi connectivity index (χ4n) is 0.633. The molecular formula is C9H15ClN2O. The van der Waals surface area contributed by atoms with Gasteiger partial charge in [-0.05, 0) is 25.4 Å². The second-order valence-electron chi connectivity index (χ2n) is 2.35. The fraction of sp³-hybridized carbons (Fsp3) is 0.556. The van der Waals surface area contributed by atoms with Crippen molar-refractivity contribution in [1.82, 2.24) is 9.97 Å². The van der Waals surface area contributed by atoms with Crippen LogP contribution in [0.5, 0.6) is 5.75 Å². The molecule has 3 nitrogen and oxygen atoms in total. The van der Waals surface area contributed by atoms with Gasteiger partial charge >= 0.3 is 0 Å². The lowest BCUT2D eigenvalue weighted by Crippen LogP contribution is -2.05. The van der Waals surface area contributed by atoms with Crippen molar-refractivity contribution in [2.75, 3.05) is 0 Å². The van der Waals surface area contributed by atoms with Gasteiger partial charge in [0.15, 0.2) is 5.75 Å². The molecule has 4 heteroatoms. The molecule has 1 aromatic heterocycles. The van der Waals surface area contributed by atoms with E-state index in [1.54, 1.807) is 12.4 Å². The third-order valence-electron chi connectivity index (χ3n) is 0.968. The molecule has 0 aliphatic heterocycles. The molecule has 0 N–H and O–H groups in total.